The lowest BCUT2D eigenvalue weighted by Crippen LogP contribution is -2.54. The highest BCUT2D eigenvalue weighted by Gasteiger charge is 2.62. The van der Waals surface area contributed by atoms with E-state index in [9.17, 15) is 22.8 Å². The second-order valence-corrected chi connectivity index (χ2v) is 17.5. The third kappa shape index (κ3) is 7.21. The molecule has 51 heavy (non-hydrogen) atoms. The fraction of sp³-hybridized carbons (Fsp3) is 0.541. The van der Waals surface area contributed by atoms with Gasteiger partial charge in [-0.05, 0) is 86.9 Å². The van der Waals surface area contributed by atoms with Crippen molar-refractivity contribution < 1.29 is 32.3 Å². The van der Waals surface area contributed by atoms with Crippen LogP contribution in [0, 0.1) is 17.8 Å². The van der Waals surface area contributed by atoms with Gasteiger partial charge in [0, 0.05) is 30.3 Å². The fourth-order valence-corrected chi connectivity index (χ4v) is 9.55. The number of methoxy groups -OCH3 is 1. The lowest BCUT2D eigenvalue weighted by molar-refractivity contribution is -0.140. The van der Waals surface area contributed by atoms with Crippen LogP contribution in [0.1, 0.15) is 76.8 Å². The average Bonchev–Trinajstić information content (AvgIpc) is 3.98. The Morgan fingerprint density at radius 3 is 2.63 bits per heavy atom. The van der Waals surface area contributed by atoms with Gasteiger partial charge in [-0.1, -0.05) is 26.0 Å². The minimum absolute atomic E-state index is 0.156. The van der Waals surface area contributed by atoms with Gasteiger partial charge in [0.25, 0.3) is 5.91 Å². The zero-order valence-electron chi connectivity index (χ0n) is 29.4. The molecular formula is C37H45N5O7S2. The Morgan fingerprint density at radius 1 is 1.12 bits per heavy atom. The summed E-state index contributed by atoms with van der Waals surface area (Å²) >= 11 is 1.51. The van der Waals surface area contributed by atoms with Gasteiger partial charge in [0.15, 0.2) is 0 Å². The summed E-state index contributed by atoms with van der Waals surface area (Å²) in [5.41, 5.74) is 0.224. The van der Waals surface area contributed by atoms with Crippen LogP contribution in [0.25, 0.3) is 21.5 Å². The average molecular weight is 736 g/mol. The molecule has 3 saturated carbocycles. The molecule has 2 N–H and O–H groups in total. The van der Waals surface area contributed by atoms with E-state index in [4.69, 9.17) is 19.4 Å². The van der Waals surface area contributed by atoms with Crippen LogP contribution in [-0.4, -0.2) is 78.6 Å². The molecule has 0 saturated heterocycles. The largest absolute Gasteiger partial charge is 0.497 e. The van der Waals surface area contributed by atoms with Gasteiger partial charge >= 0.3 is 0 Å². The van der Waals surface area contributed by atoms with Crippen molar-refractivity contribution in [2.24, 2.45) is 17.8 Å². The molecule has 0 spiro atoms. The molecule has 3 fully saturated rings. The number of allylic oxidation sites excluding steroid dienone is 1. The summed E-state index contributed by atoms with van der Waals surface area (Å²) in [6, 6.07) is 7.60. The summed E-state index contributed by atoms with van der Waals surface area (Å²) < 4.78 is 39.9. The number of fused-ring (bicyclic) bond motifs is 3. The number of pyridine rings is 1. The molecule has 0 bridgehead atoms. The van der Waals surface area contributed by atoms with Crippen molar-refractivity contribution in [1.82, 2.24) is 24.9 Å². The molecule has 3 aliphatic carbocycles. The molecule has 7 rings (SSSR count). The molecule has 1 aliphatic heterocycles. The van der Waals surface area contributed by atoms with E-state index in [1.165, 1.54) is 11.3 Å². The number of amides is 3. The normalized spacial score (nSPS) is 27.0. The Morgan fingerprint density at radius 2 is 1.90 bits per heavy atom. The molecule has 14 heteroatoms. The third-order valence-corrected chi connectivity index (χ3v) is 13.3. The number of hydrogen-bond acceptors (Lipinski definition) is 10. The lowest BCUT2D eigenvalue weighted by Gasteiger charge is -2.26. The lowest BCUT2D eigenvalue weighted by atomic mass is 9.93. The maximum absolute atomic E-state index is 14.2. The van der Waals surface area contributed by atoms with E-state index in [0.717, 1.165) is 40.7 Å². The highest BCUT2D eigenvalue weighted by molar-refractivity contribution is 7.91. The number of carbonyl (C=O) groups excluding carboxylic acids is 3. The van der Waals surface area contributed by atoms with Crippen LogP contribution in [0.5, 0.6) is 11.6 Å². The van der Waals surface area contributed by atoms with E-state index >= 15 is 0 Å². The minimum atomic E-state index is -3.83. The number of rotatable bonds is 8. The summed E-state index contributed by atoms with van der Waals surface area (Å²) in [6.45, 7) is 4.73. The number of carbonyl (C=O) groups is 3. The predicted molar refractivity (Wildman–Crippen MR) is 194 cm³/mol. The number of aromatic nitrogens is 2. The van der Waals surface area contributed by atoms with Gasteiger partial charge in [0.05, 0.1) is 29.9 Å². The molecular weight excluding hydrogens is 691 g/mol. The van der Waals surface area contributed by atoms with Crippen LogP contribution in [-0.2, 0) is 24.4 Å². The van der Waals surface area contributed by atoms with Crippen molar-refractivity contribution in [2.75, 3.05) is 20.7 Å². The molecule has 12 nitrogen and oxygen atoms in total. The Hall–Kier alpha value is -4.04. The van der Waals surface area contributed by atoms with Gasteiger partial charge in [-0.3, -0.25) is 19.1 Å². The van der Waals surface area contributed by atoms with Crippen molar-refractivity contribution in [3.05, 3.63) is 47.5 Å². The van der Waals surface area contributed by atoms with Crippen molar-refractivity contribution in [1.29, 1.82) is 0 Å². The molecule has 0 radical (unpaired) electrons. The molecule has 5 unspecified atom stereocenters. The summed E-state index contributed by atoms with van der Waals surface area (Å²) in [5, 5.41) is 6.76. The Balaban J connectivity index is 1.19. The van der Waals surface area contributed by atoms with E-state index in [0.29, 0.717) is 36.7 Å². The molecule has 3 amide bonds. The van der Waals surface area contributed by atoms with E-state index in [1.807, 2.05) is 41.8 Å². The molecule has 3 heterocycles. The maximum Gasteiger partial charge on any atom is 0.259 e. The predicted octanol–water partition coefficient (Wildman–Crippen LogP) is 4.95. The van der Waals surface area contributed by atoms with Crippen LogP contribution in [0.3, 0.4) is 0 Å². The third-order valence-electron chi connectivity index (χ3n) is 10.6. The summed E-state index contributed by atoms with van der Waals surface area (Å²) in [7, 11) is -0.459. The van der Waals surface area contributed by atoms with E-state index in [1.54, 1.807) is 19.1 Å². The van der Waals surface area contributed by atoms with Crippen LogP contribution in [0.15, 0.2) is 41.8 Å². The summed E-state index contributed by atoms with van der Waals surface area (Å²) in [5.74, 6) is -1.87. The zero-order chi connectivity index (χ0) is 36.1. The first kappa shape index (κ1) is 35.4. The molecule has 4 aliphatic rings. The van der Waals surface area contributed by atoms with Crippen LogP contribution in [0.4, 0.5) is 0 Å². The van der Waals surface area contributed by atoms with Crippen molar-refractivity contribution in [2.45, 2.75) is 88.0 Å². The monoisotopic (exact) mass is 735 g/mol. The van der Waals surface area contributed by atoms with Gasteiger partial charge in [-0.2, -0.15) is 0 Å². The number of sulfonamides is 1. The number of ether oxygens (including phenoxy) is 2. The van der Waals surface area contributed by atoms with Gasteiger partial charge in [0.2, 0.25) is 27.7 Å². The van der Waals surface area contributed by atoms with Crippen LogP contribution in [0.2, 0.25) is 0 Å². The molecule has 272 valence electrons. The first-order chi connectivity index (χ1) is 24.4. The maximum atomic E-state index is 14.2. The standard InChI is InChI=1S/C37H45N5O7S2/c1-21(2)31-20-50-34(39-31)30-16-22-15-24(48-4)10-13-27(22)33(38-30)49-25-17-28-29(18-25)35(44)42(3)14-8-6-5-7-9-23-19-37(23,40-32(28)43)36(45)41-51(46,47)26-11-12-26/h7,9-10,13,15-16,20-21,23,25-26,28-29H,5-6,8,11-12,14,17-19H2,1-4H3,(H,40,43)(H,41,45). The second kappa shape index (κ2) is 13.8. The van der Waals surface area contributed by atoms with Gasteiger partial charge in [0.1, 0.15) is 28.1 Å². The molecule has 2 aromatic heterocycles. The quantitative estimate of drug-likeness (QED) is 0.306. The molecule has 3 aromatic rings. The van der Waals surface area contributed by atoms with E-state index < -0.39 is 50.6 Å². The zero-order valence-corrected chi connectivity index (χ0v) is 31.0. The topological polar surface area (TPSA) is 157 Å². The highest BCUT2D eigenvalue weighted by atomic mass is 32.2. The van der Waals surface area contributed by atoms with E-state index in [2.05, 4.69) is 23.9 Å². The van der Waals surface area contributed by atoms with Gasteiger partial charge < -0.3 is 19.7 Å². The number of thiazole rings is 1. The van der Waals surface area contributed by atoms with Crippen LogP contribution < -0.4 is 19.5 Å². The first-order valence-electron chi connectivity index (χ1n) is 17.8. The SMILES string of the molecule is COc1ccc2c(OC3CC4C(=O)NC5(C(=O)NS(=O)(=O)C6CC6)CC5C=CCCCCN(C)C(=O)C4C3)nc(-c3nc(C(C)C)cs3)cc2c1. The fourth-order valence-electron chi connectivity index (χ4n) is 7.25. The molecule has 1 aromatic carbocycles. The Labute approximate surface area is 302 Å². The second-order valence-electron chi connectivity index (χ2n) is 14.7. The number of nitrogens with one attached hydrogen (secondary N) is 2. The van der Waals surface area contributed by atoms with E-state index in [-0.39, 0.29) is 37.0 Å². The van der Waals surface area contributed by atoms with Crippen molar-refractivity contribution in [3.8, 4) is 22.3 Å². The minimum Gasteiger partial charge on any atom is -0.497 e. The van der Waals surface area contributed by atoms with Gasteiger partial charge in [-0.25, -0.2) is 18.4 Å². The van der Waals surface area contributed by atoms with Crippen LogP contribution >= 0.6 is 11.3 Å². The Bertz CT molecular complexity index is 1990. The molecule has 5 atom stereocenters. The summed E-state index contributed by atoms with van der Waals surface area (Å²) in [6.07, 6.45) is 7.53. The summed E-state index contributed by atoms with van der Waals surface area (Å²) in [4.78, 5) is 53.2. The highest BCUT2D eigenvalue weighted by Crippen LogP contribution is 2.47. The Kier molecular flexibility index (Phi) is 9.59. The van der Waals surface area contributed by atoms with Crippen molar-refractivity contribution >= 4 is 49.9 Å². The number of nitrogens with zero attached hydrogens (tertiary/aromatic N) is 3. The smallest absolute Gasteiger partial charge is 0.259 e. The van der Waals surface area contributed by atoms with Gasteiger partial charge in [-0.15, -0.1) is 11.3 Å². The number of hydrogen-bond donors (Lipinski definition) is 2. The number of benzene rings is 1. The van der Waals surface area contributed by atoms with Crippen molar-refractivity contribution in [3.63, 3.8) is 0 Å². The first-order valence-corrected chi connectivity index (χ1v) is 20.2.